The molecule has 0 atom stereocenters. The first kappa shape index (κ1) is 12.0. The Morgan fingerprint density at radius 3 is 3.11 bits per heavy atom. The zero-order chi connectivity index (χ0) is 12.8. The molecule has 0 saturated carbocycles. The van der Waals surface area contributed by atoms with Gasteiger partial charge in [-0.15, -0.1) is 0 Å². The smallest absolute Gasteiger partial charge is 0.341 e. The summed E-state index contributed by atoms with van der Waals surface area (Å²) in [5.41, 5.74) is 0.396. The van der Waals surface area contributed by atoms with Gasteiger partial charge in [0.05, 0.1) is 7.11 Å². The highest BCUT2D eigenvalue weighted by Gasteiger charge is 2.11. The number of anilines is 1. The van der Waals surface area contributed by atoms with Gasteiger partial charge in [0.15, 0.2) is 5.82 Å². The van der Waals surface area contributed by atoms with Crippen LogP contribution in [0.4, 0.5) is 5.82 Å². The maximum Gasteiger partial charge on any atom is 0.341 e. The van der Waals surface area contributed by atoms with Crippen molar-refractivity contribution in [2.24, 2.45) is 0 Å². The lowest BCUT2D eigenvalue weighted by molar-refractivity contribution is 0.0601. The van der Waals surface area contributed by atoms with Crippen molar-refractivity contribution < 1.29 is 14.1 Å². The summed E-state index contributed by atoms with van der Waals surface area (Å²) in [6.07, 6.45) is 3.45. The third-order valence-corrected chi connectivity index (χ3v) is 2.26. The molecule has 0 aliphatic heterocycles. The first-order valence-corrected chi connectivity index (χ1v) is 5.33. The molecule has 0 amide bonds. The molecule has 94 valence electrons. The quantitative estimate of drug-likeness (QED) is 0.786. The first-order valence-electron chi connectivity index (χ1n) is 5.33. The standard InChI is InChI=1S/C11H12N4O3/c1-17-11(16)8-3-2-5-12-10(8)13-6-4-9-14-7-18-15-9/h2-3,5,7H,4,6H2,1H3,(H,12,13). The van der Waals surface area contributed by atoms with Gasteiger partial charge in [-0.25, -0.2) is 9.78 Å². The molecule has 2 aromatic rings. The van der Waals surface area contributed by atoms with Crippen LogP contribution in [-0.4, -0.2) is 34.7 Å². The van der Waals surface area contributed by atoms with E-state index in [1.54, 1.807) is 18.3 Å². The van der Waals surface area contributed by atoms with Crippen molar-refractivity contribution in [3.63, 3.8) is 0 Å². The predicted molar refractivity (Wildman–Crippen MR) is 62.1 cm³/mol. The average Bonchev–Trinajstić information content (AvgIpc) is 2.92. The minimum absolute atomic E-state index is 0.396. The molecule has 2 heterocycles. The van der Waals surface area contributed by atoms with E-state index in [1.807, 2.05) is 0 Å². The van der Waals surface area contributed by atoms with Crippen LogP contribution in [-0.2, 0) is 11.2 Å². The van der Waals surface area contributed by atoms with Gasteiger partial charge in [0.25, 0.3) is 0 Å². The number of nitrogens with one attached hydrogen (secondary N) is 1. The van der Waals surface area contributed by atoms with Crippen molar-refractivity contribution in [3.05, 3.63) is 36.1 Å². The van der Waals surface area contributed by atoms with Gasteiger partial charge in [0, 0.05) is 19.2 Å². The van der Waals surface area contributed by atoms with E-state index in [2.05, 4.69) is 29.7 Å². The number of pyridine rings is 1. The Balaban J connectivity index is 1.98. The van der Waals surface area contributed by atoms with Crippen molar-refractivity contribution in [3.8, 4) is 0 Å². The van der Waals surface area contributed by atoms with Crippen molar-refractivity contribution in [1.82, 2.24) is 15.1 Å². The van der Waals surface area contributed by atoms with E-state index in [0.29, 0.717) is 30.2 Å². The monoisotopic (exact) mass is 248 g/mol. The van der Waals surface area contributed by atoms with Gasteiger partial charge in [-0.2, -0.15) is 4.98 Å². The molecule has 18 heavy (non-hydrogen) atoms. The Morgan fingerprint density at radius 2 is 2.39 bits per heavy atom. The van der Waals surface area contributed by atoms with Gasteiger partial charge in [0.2, 0.25) is 6.39 Å². The molecule has 0 radical (unpaired) electrons. The summed E-state index contributed by atoms with van der Waals surface area (Å²) < 4.78 is 9.29. The Labute approximate surface area is 103 Å². The fourth-order valence-corrected chi connectivity index (χ4v) is 1.42. The van der Waals surface area contributed by atoms with Crippen LogP contribution in [0.25, 0.3) is 0 Å². The van der Waals surface area contributed by atoms with Crippen molar-refractivity contribution in [1.29, 1.82) is 0 Å². The van der Waals surface area contributed by atoms with Crippen molar-refractivity contribution >= 4 is 11.8 Å². The zero-order valence-corrected chi connectivity index (χ0v) is 9.79. The second-order valence-corrected chi connectivity index (χ2v) is 3.42. The molecular formula is C11H12N4O3. The average molecular weight is 248 g/mol. The Kier molecular flexibility index (Phi) is 3.85. The number of carbonyl (C=O) groups is 1. The number of ether oxygens (including phenoxy) is 1. The number of esters is 1. The lowest BCUT2D eigenvalue weighted by Gasteiger charge is -2.08. The summed E-state index contributed by atoms with van der Waals surface area (Å²) in [4.78, 5) is 19.5. The van der Waals surface area contributed by atoms with E-state index in [1.165, 1.54) is 13.5 Å². The molecule has 0 unspecified atom stereocenters. The largest absolute Gasteiger partial charge is 0.465 e. The van der Waals surface area contributed by atoms with Gasteiger partial charge in [-0.3, -0.25) is 0 Å². The molecule has 7 nitrogen and oxygen atoms in total. The third kappa shape index (κ3) is 2.82. The van der Waals surface area contributed by atoms with E-state index in [4.69, 9.17) is 0 Å². The van der Waals surface area contributed by atoms with Crippen LogP contribution >= 0.6 is 0 Å². The molecule has 7 heteroatoms. The number of carbonyl (C=O) groups excluding carboxylic acids is 1. The number of aromatic nitrogens is 3. The van der Waals surface area contributed by atoms with Crippen molar-refractivity contribution in [2.45, 2.75) is 6.42 Å². The van der Waals surface area contributed by atoms with E-state index in [-0.39, 0.29) is 0 Å². The Hall–Kier alpha value is -2.44. The van der Waals surface area contributed by atoms with Crippen LogP contribution in [0.15, 0.2) is 29.2 Å². The third-order valence-electron chi connectivity index (χ3n) is 2.26. The molecule has 2 aromatic heterocycles. The highest BCUT2D eigenvalue weighted by molar-refractivity contribution is 5.94. The topological polar surface area (TPSA) is 90.1 Å². The SMILES string of the molecule is COC(=O)c1cccnc1NCCc1ncon1. The maximum atomic E-state index is 11.5. The maximum absolute atomic E-state index is 11.5. The summed E-state index contributed by atoms with van der Waals surface area (Å²) in [7, 11) is 1.33. The number of hydrogen-bond acceptors (Lipinski definition) is 7. The second-order valence-electron chi connectivity index (χ2n) is 3.42. The fraction of sp³-hybridized carbons (Fsp3) is 0.273. The van der Waals surface area contributed by atoms with Gasteiger partial charge >= 0.3 is 5.97 Å². The highest BCUT2D eigenvalue weighted by atomic mass is 16.5. The minimum Gasteiger partial charge on any atom is -0.465 e. The highest BCUT2D eigenvalue weighted by Crippen LogP contribution is 2.12. The lowest BCUT2D eigenvalue weighted by atomic mass is 10.2. The minimum atomic E-state index is -0.426. The van der Waals surface area contributed by atoms with Crippen LogP contribution in [0.5, 0.6) is 0 Å². The van der Waals surface area contributed by atoms with Crippen LogP contribution in [0.1, 0.15) is 16.2 Å². The molecule has 1 N–H and O–H groups in total. The normalized spacial score (nSPS) is 10.1. The molecular weight excluding hydrogens is 236 g/mol. The molecule has 0 aromatic carbocycles. The number of hydrogen-bond donors (Lipinski definition) is 1. The first-order chi connectivity index (χ1) is 8.81. The lowest BCUT2D eigenvalue weighted by Crippen LogP contribution is -2.12. The summed E-state index contributed by atoms with van der Waals surface area (Å²) in [6, 6.07) is 3.33. The second kappa shape index (κ2) is 5.76. The van der Waals surface area contributed by atoms with Crippen molar-refractivity contribution in [2.75, 3.05) is 19.0 Å². The number of nitrogens with zero attached hydrogens (tertiary/aromatic N) is 3. The number of rotatable bonds is 5. The Bertz CT molecular complexity index is 513. The van der Waals surface area contributed by atoms with E-state index >= 15 is 0 Å². The molecule has 0 aliphatic carbocycles. The van der Waals surface area contributed by atoms with Gasteiger partial charge in [-0.05, 0) is 12.1 Å². The Morgan fingerprint density at radius 1 is 1.50 bits per heavy atom. The van der Waals surface area contributed by atoms with Gasteiger partial charge in [-0.1, -0.05) is 5.16 Å². The summed E-state index contributed by atoms with van der Waals surface area (Å²) in [6.45, 7) is 0.542. The summed E-state index contributed by atoms with van der Waals surface area (Å²) in [5.74, 6) is 0.649. The molecule has 2 rings (SSSR count). The van der Waals surface area contributed by atoms with Crippen LogP contribution in [0.3, 0.4) is 0 Å². The molecule has 0 spiro atoms. The zero-order valence-electron chi connectivity index (χ0n) is 9.79. The molecule has 0 aliphatic rings. The molecule has 0 bridgehead atoms. The summed E-state index contributed by atoms with van der Waals surface area (Å²) >= 11 is 0. The van der Waals surface area contributed by atoms with E-state index in [9.17, 15) is 4.79 Å². The van der Waals surface area contributed by atoms with Gasteiger partial charge < -0.3 is 14.6 Å². The van der Waals surface area contributed by atoms with Crippen LogP contribution < -0.4 is 5.32 Å². The van der Waals surface area contributed by atoms with E-state index in [0.717, 1.165) is 0 Å². The van der Waals surface area contributed by atoms with Crippen LogP contribution in [0, 0.1) is 0 Å². The molecule has 0 fully saturated rings. The van der Waals surface area contributed by atoms with Crippen LogP contribution in [0.2, 0.25) is 0 Å². The molecule has 0 saturated heterocycles. The number of methoxy groups -OCH3 is 1. The summed E-state index contributed by atoms with van der Waals surface area (Å²) in [5, 5.41) is 6.72. The fourth-order valence-electron chi connectivity index (χ4n) is 1.42. The predicted octanol–water partition coefficient (Wildman–Crippen LogP) is 0.906. The van der Waals surface area contributed by atoms with Gasteiger partial charge in [0.1, 0.15) is 11.4 Å². The van der Waals surface area contributed by atoms with E-state index < -0.39 is 5.97 Å².